The quantitative estimate of drug-likeness (QED) is 0.847. The molecular formula is C12H12BrFN2OS. The van der Waals surface area contributed by atoms with Crippen LogP contribution < -0.4 is 5.73 Å². The molecule has 1 saturated heterocycles. The van der Waals surface area contributed by atoms with Crippen LogP contribution in [-0.4, -0.2) is 28.4 Å². The topological polar surface area (TPSA) is 46.3 Å². The number of nitrogens with zero attached hydrogens (tertiary/aromatic N) is 1. The van der Waals surface area contributed by atoms with Gasteiger partial charge in [0.25, 0.3) is 5.91 Å². The van der Waals surface area contributed by atoms with Crippen molar-refractivity contribution in [2.24, 2.45) is 5.73 Å². The van der Waals surface area contributed by atoms with Gasteiger partial charge in [-0.1, -0.05) is 28.1 Å². The number of thiocarbonyl (C=S) groups is 1. The van der Waals surface area contributed by atoms with E-state index in [2.05, 4.69) is 15.9 Å². The standard InChI is InChI=1S/C12H12BrFN2OS/c13-8-4-7(5-9(14)6-8)12(17)16-3-1-2-10(16)11(15)18/h4-6,10H,1-3H2,(H2,15,18). The van der Waals surface area contributed by atoms with Gasteiger partial charge in [0.1, 0.15) is 5.82 Å². The molecule has 1 heterocycles. The Hall–Kier alpha value is -1.01. The van der Waals surface area contributed by atoms with Crippen LogP contribution in [0.15, 0.2) is 22.7 Å². The fourth-order valence-electron chi connectivity index (χ4n) is 2.15. The number of hydrogen-bond acceptors (Lipinski definition) is 2. The molecule has 18 heavy (non-hydrogen) atoms. The first kappa shape index (κ1) is 13.4. The highest BCUT2D eigenvalue weighted by Crippen LogP contribution is 2.22. The van der Waals surface area contributed by atoms with E-state index in [1.165, 1.54) is 12.1 Å². The fourth-order valence-corrected chi connectivity index (χ4v) is 2.86. The summed E-state index contributed by atoms with van der Waals surface area (Å²) in [5, 5.41) is 0. The largest absolute Gasteiger partial charge is 0.392 e. The molecule has 3 nitrogen and oxygen atoms in total. The van der Waals surface area contributed by atoms with E-state index >= 15 is 0 Å². The molecule has 1 aliphatic rings. The van der Waals surface area contributed by atoms with Crippen LogP contribution in [0.3, 0.4) is 0 Å². The molecule has 1 aliphatic heterocycles. The smallest absolute Gasteiger partial charge is 0.254 e. The van der Waals surface area contributed by atoms with E-state index in [1.54, 1.807) is 11.0 Å². The lowest BCUT2D eigenvalue weighted by molar-refractivity contribution is 0.0770. The maximum absolute atomic E-state index is 13.3. The van der Waals surface area contributed by atoms with Crippen molar-refractivity contribution in [3.05, 3.63) is 34.1 Å². The Bertz CT molecular complexity index is 489. The maximum Gasteiger partial charge on any atom is 0.254 e. The first-order chi connectivity index (χ1) is 8.49. The first-order valence-corrected chi connectivity index (χ1v) is 6.75. The van der Waals surface area contributed by atoms with E-state index in [9.17, 15) is 9.18 Å². The molecule has 6 heteroatoms. The van der Waals surface area contributed by atoms with E-state index in [-0.39, 0.29) is 11.9 Å². The molecule has 1 atom stereocenters. The zero-order valence-corrected chi connectivity index (χ0v) is 11.9. The number of halogens is 2. The Morgan fingerprint density at radius 3 is 2.83 bits per heavy atom. The summed E-state index contributed by atoms with van der Waals surface area (Å²) in [6.07, 6.45) is 1.64. The molecule has 0 radical (unpaired) electrons. The highest BCUT2D eigenvalue weighted by atomic mass is 79.9. The minimum Gasteiger partial charge on any atom is -0.392 e. The number of likely N-dealkylation sites (tertiary alicyclic amines) is 1. The average molecular weight is 331 g/mol. The van der Waals surface area contributed by atoms with Crippen LogP contribution in [0.5, 0.6) is 0 Å². The van der Waals surface area contributed by atoms with Crippen molar-refractivity contribution >= 4 is 39.0 Å². The summed E-state index contributed by atoms with van der Waals surface area (Å²) in [5.74, 6) is -0.677. The molecule has 0 spiro atoms. The predicted octanol–water partition coefficient (Wildman–Crippen LogP) is 2.48. The van der Waals surface area contributed by atoms with Crippen molar-refractivity contribution in [2.45, 2.75) is 18.9 Å². The van der Waals surface area contributed by atoms with Crippen molar-refractivity contribution in [1.82, 2.24) is 4.90 Å². The highest BCUT2D eigenvalue weighted by molar-refractivity contribution is 9.10. The molecule has 2 rings (SSSR count). The highest BCUT2D eigenvalue weighted by Gasteiger charge is 2.31. The molecule has 1 aromatic carbocycles. The minimum atomic E-state index is -0.446. The van der Waals surface area contributed by atoms with Crippen molar-refractivity contribution < 1.29 is 9.18 Å². The molecular weight excluding hydrogens is 319 g/mol. The fraction of sp³-hybridized carbons (Fsp3) is 0.333. The Morgan fingerprint density at radius 2 is 2.22 bits per heavy atom. The monoisotopic (exact) mass is 330 g/mol. The third kappa shape index (κ3) is 2.70. The summed E-state index contributed by atoms with van der Waals surface area (Å²) in [6, 6.07) is 3.92. The Balaban J connectivity index is 2.28. The molecule has 0 aliphatic carbocycles. The molecule has 96 valence electrons. The van der Waals surface area contributed by atoms with Crippen molar-refractivity contribution in [3.63, 3.8) is 0 Å². The van der Waals surface area contributed by atoms with Gasteiger partial charge in [0.2, 0.25) is 0 Å². The van der Waals surface area contributed by atoms with Gasteiger partial charge in [0.15, 0.2) is 0 Å². The predicted molar refractivity (Wildman–Crippen MR) is 74.9 cm³/mol. The van der Waals surface area contributed by atoms with E-state index in [0.29, 0.717) is 21.6 Å². The van der Waals surface area contributed by atoms with E-state index in [4.69, 9.17) is 18.0 Å². The van der Waals surface area contributed by atoms with Gasteiger partial charge in [-0.05, 0) is 31.0 Å². The molecule has 1 aromatic rings. The van der Waals surface area contributed by atoms with Gasteiger partial charge in [0.05, 0.1) is 11.0 Å². The zero-order chi connectivity index (χ0) is 13.3. The third-order valence-corrected chi connectivity index (χ3v) is 3.68. The Kier molecular flexibility index (Phi) is 3.97. The Morgan fingerprint density at radius 1 is 1.50 bits per heavy atom. The number of benzene rings is 1. The lowest BCUT2D eigenvalue weighted by Gasteiger charge is -2.23. The number of nitrogens with two attached hydrogens (primary N) is 1. The van der Waals surface area contributed by atoms with Crippen LogP contribution in [0.2, 0.25) is 0 Å². The van der Waals surface area contributed by atoms with Gasteiger partial charge in [-0.15, -0.1) is 0 Å². The van der Waals surface area contributed by atoms with Crippen molar-refractivity contribution in [1.29, 1.82) is 0 Å². The number of carbonyl (C=O) groups is 1. The molecule has 0 bridgehead atoms. The van der Waals surface area contributed by atoms with E-state index in [1.807, 2.05) is 0 Å². The van der Waals surface area contributed by atoms with Gasteiger partial charge in [-0.25, -0.2) is 4.39 Å². The number of carbonyl (C=O) groups excluding carboxylic acids is 1. The lowest BCUT2D eigenvalue weighted by atomic mass is 10.1. The number of hydrogen-bond donors (Lipinski definition) is 1. The van der Waals surface area contributed by atoms with E-state index in [0.717, 1.165) is 12.8 Å². The molecule has 0 saturated carbocycles. The van der Waals surface area contributed by atoms with Crippen LogP contribution in [0.4, 0.5) is 4.39 Å². The maximum atomic E-state index is 13.3. The molecule has 1 unspecified atom stereocenters. The van der Waals surface area contributed by atoms with E-state index < -0.39 is 5.82 Å². The summed E-state index contributed by atoms with van der Waals surface area (Å²) < 4.78 is 13.8. The molecule has 2 N–H and O–H groups in total. The Labute approximate surface area is 118 Å². The van der Waals surface area contributed by atoms with Gasteiger partial charge < -0.3 is 10.6 Å². The van der Waals surface area contributed by atoms with Gasteiger partial charge in [-0.3, -0.25) is 4.79 Å². The second kappa shape index (κ2) is 5.32. The van der Waals surface area contributed by atoms with Crippen LogP contribution in [0.1, 0.15) is 23.2 Å². The lowest BCUT2D eigenvalue weighted by Crippen LogP contribution is -2.42. The first-order valence-electron chi connectivity index (χ1n) is 5.55. The molecule has 0 aromatic heterocycles. The minimum absolute atomic E-state index is 0.213. The van der Waals surface area contributed by atoms with Crippen LogP contribution in [0.25, 0.3) is 0 Å². The summed E-state index contributed by atoms with van der Waals surface area (Å²) in [4.78, 5) is 14.2. The van der Waals surface area contributed by atoms with Gasteiger partial charge in [-0.2, -0.15) is 0 Å². The zero-order valence-electron chi connectivity index (χ0n) is 9.53. The van der Waals surface area contributed by atoms with Gasteiger partial charge >= 0.3 is 0 Å². The van der Waals surface area contributed by atoms with Crippen LogP contribution >= 0.6 is 28.1 Å². The number of amides is 1. The molecule has 1 fully saturated rings. The number of rotatable bonds is 2. The van der Waals surface area contributed by atoms with Crippen molar-refractivity contribution in [2.75, 3.05) is 6.54 Å². The van der Waals surface area contributed by atoms with Gasteiger partial charge in [0, 0.05) is 16.6 Å². The second-order valence-electron chi connectivity index (χ2n) is 4.22. The normalized spacial score (nSPS) is 19.0. The van der Waals surface area contributed by atoms with Crippen LogP contribution in [-0.2, 0) is 0 Å². The summed E-state index contributed by atoms with van der Waals surface area (Å²) >= 11 is 8.13. The SMILES string of the molecule is NC(=S)C1CCCN1C(=O)c1cc(F)cc(Br)c1. The van der Waals surface area contributed by atoms with Crippen molar-refractivity contribution in [3.8, 4) is 0 Å². The second-order valence-corrected chi connectivity index (χ2v) is 5.60. The summed E-state index contributed by atoms with van der Waals surface area (Å²) in [7, 11) is 0. The third-order valence-electron chi connectivity index (χ3n) is 2.95. The average Bonchev–Trinajstić information content (AvgIpc) is 2.75. The van der Waals surface area contributed by atoms with Crippen LogP contribution in [0, 0.1) is 5.82 Å². The molecule has 1 amide bonds. The summed E-state index contributed by atoms with van der Waals surface area (Å²) in [6.45, 7) is 0.606. The summed E-state index contributed by atoms with van der Waals surface area (Å²) in [5.41, 5.74) is 5.93.